The van der Waals surface area contributed by atoms with Gasteiger partial charge in [0, 0.05) is 5.41 Å². The normalized spacial score (nSPS) is 54.7. The quantitative estimate of drug-likeness (QED) is 0.120. The lowest BCUT2D eigenvalue weighted by Crippen LogP contribution is -2.70. The van der Waals surface area contributed by atoms with Gasteiger partial charge in [0.1, 0.15) is 48.8 Å². The number of hydrogen-bond donors (Lipinski definition) is 10. The second kappa shape index (κ2) is 14.9. The first kappa shape index (κ1) is 43.8. The average molecular weight is 813 g/mol. The van der Waals surface area contributed by atoms with Crippen LogP contribution in [0.5, 0.6) is 0 Å². The van der Waals surface area contributed by atoms with Crippen LogP contribution in [0.25, 0.3) is 0 Å². The fourth-order valence-electron chi connectivity index (χ4n) is 13.8. The van der Waals surface area contributed by atoms with Gasteiger partial charge in [-0.25, -0.2) is 0 Å². The summed E-state index contributed by atoms with van der Waals surface area (Å²) in [5.41, 5.74) is -1.46. The molecule has 2 heterocycles. The van der Waals surface area contributed by atoms with Crippen molar-refractivity contribution in [1.29, 1.82) is 0 Å². The zero-order valence-electron chi connectivity index (χ0n) is 34.2. The number of fused-ring (bicyclic) bond motifs is 7. The number of rotatable bonds is 8. The monoisotopic (exact) mass is 812 g/mol. The summed E-state index contributed by atoms with van der Waals surface area (Å²) in [6.45, 7) is 11.5. The molecule has 4 saturated carbocycles. The predicted molar refractivity (Wildman–Crippen MR) is 201 cm³/mol. The van der Waals surface area contributed by atoms with Gasteiger partial charge in [0.25, 0.3) is 0 Å². The van der Waals surface area contributed by atoms with Crippen LogP contribution in [0.15, 0.2) is 11.6 Å². The molecule has 7 rings (SSSR count). The lowest BCUT2D eigenvalue weighted by Gasteiger charge is -2.71. The molecule has 0 aromatic carbocycles. The van der Waals surface area contributed by atoms with Gasteiger partial charge in [-0.05, 0) is 97.2 Å². The molecule has 0 spiro atoms. The molecule has 15 nitrogen and oxygen atoms in total. The molecule has 2 aliphatic heterocycles. The summed E-state index contributed by atoms with van der Waals surface area (Å²) in [4.78, 5) is 13.1. The van der Waals surface area contributed by atoms with E-state index in [9.17, 15) is 55.9 Å². The molecule has 0 aromatic heterocycles. The van der Waals surface area contributed by atoms with E-state index < -0.39 is 109 Å². The number of aliphatic hydroxyl groups excluding tert-OH is 9. The molecular formula is C42H68O15. The lowest BCUT2D eigenvalue weighted by molar-refractivity contribution is -0.375. The number of hydrogen-bond acceptors (Lipinski definition) is 14. The zero-order valence-corrected chi connectivity index (χ0v) is 34.2. The first-order valence-electron chi connectivity index (χ1n) is 21.1. The smallest absolute Gasteiger partial charge is 0.310 e. The highest BCUT2D eigenvalue weighted by Crippen LogP contribution is 2.76. The van der Waals surface area contributed by atoms with E-state index in [1.807, 2.05) is 6.92 Å². The van der Waals surface area contributed by atoms with Crippen molar-refractivity contribution in [3.63, 3.8) is 0 Å². The van der Waals surface area contributed by atoms with Crippen LogP contribution in [0.2, 0.25) is 0 Å². The van der Waals surface area contributed by atoms with Gasteiger partial charge < -0.3 is 70.0 Å². The van der Waals surface area contributed by atoms with E-state index in [1.165, 1.54) is 5.57 Å². The molecule has 20 atom stereocenters. The third-order valence-corrected chi connectivity index (χ3v) is 17.4. The molecule has 7 aliphatic rings. The second-order valence-corrected chi connectivity index (χ2v) is 20.7. The maximum absolute atomic E-state index is 13.1. The number of carboxylic acids is 1. The Morgan fingerprint density at radius 2 is 1.35 bits per heavy atom. The first-order valence-corrected chi connectivity index (χ1v) is 21.1. The van der Waals surface area contributed by atoms with Crippen molar-refractivity contribution in [2.75, 3.05) is 19.8 Å². The second-order valence-electron chi connectivity index (χ2n) is 20.7. The van der Waals surface area contributed by atoms with Crippen LogP contribution < -0.4 is 0 Å². The Morgan fingerprint density at radius 1 is 0.737 bits per heavy atom. The van der Waals surface area contributed by atoms with E-state index in [0.29, 0.717) is 25.7 Å². The van der Waals surface area contributed by atoms with E-state index in [2.05, 4.69) is 40.7 Å². The van der Waals surface area contributed by atoms with E-state index >= 15 is 0 Å². The van der Waals surface area contributed by atoms with Crippen LogP contribution in [0.3, 0.4) is 0 Å². The summed E-state index contributed by atoms with van der Waals surface area (Å²) in [7, 11) is 0. The molecule has 10 N–H and O–H groups in total. The van der Waals surface area contributed by atoms with Crippen LogP contribution in [0, 0.1) is 50.2 Å². The van der Waals surface area contributed by atoms with Crippen molar-refractivity contribution in [2.24, 2.45) is 50.2 Å². The molecule has 5 aliphatic carbocycles. The van der Waals surface area contributed by atoms with Gasteiger partial charge in [-0.2, -0.15) is 0 Å². The van der Waals surface area contributed by atoms with E-state index in [-0.39, 0.29) is 40.6 Å². The molecule has 0 radical (unpaired) electrons. The van der Waals surface area contributed by atoms with Crippen molar-refractivity contribution in [2.45, 2.75) is 173 Å². The van der Waals surface area contributed by atoms with Crippen LogP contribution in [0.1, 0.15) is 99.3 Å². The van der Waals surface area contributed by atoms with E-state index in [1.54, 1.807) is 0 Å². The number of carboxylic acid groups (broad SMARTS) is 1. The molecule has 6 fully saturated rings. The molecule has 15 heteroatoms. The SMILES string of the molecule is CC1(C)CC[C@]2(C(=O)O)CC[C@]3(C)C(=CC[C@@H]4[C@@]5(C)C[C@H](O)[C@H](O[C@@H]6O[C@H](CO)[C@@H](O)[C@H](O[C@@H]7O[C@H](CO)[C@@H](O)[C@H](O)[C@H]7O)[C@H]6O)[C@@](C)(CO)C5CC[C@]43C)[C@@H]2C1. The highest BCUT2D eigenvalue weighted by molar-refractivity contribution is 5.76. The Hall–Kier alpha value is -1.31. The van der Waals surface area contributed by atoms with Crippen molar-refractivity contribution in [3.05, 3.63) is 11.6 Å². The Labute approximate surface area is 335 Å². The molecular weight excluding hydrogens is 744 g/mol. The summed E-state index contributed by atoms with van der Waals surface area (Å²) in [5, 5.41) is 108. The average Bonchev–Trinajstić information content (AvgIpc) is 3.15. The predicted octanol–water partition coefficient (Wildman–Crippen LogP) is 0.825. The van der Waals surface area contributed by atoms with Crippen molar-refractivity contribution >= 4 is 5.97 Å². The summed E-state index contributed by atoms with van der Waals surface area (Å²) in [6.07, 6.45) is -9.90. The summed E-state index contributed by atoms with van der Waals surface area (Å²) in [6, 6.07) is 0. The third kappa shape index (κ3) is 6.43. The van der Waals surface area contributed by atoms with Crippen molar-refractivity contribution in [3.8, 4) is 0 Å². The minimum atomic E-state index is -1.83. The number of allylic oxidation sites excluding steroid dienone is 2. The number of ether oxygens (including phenoxy) is 4. The highest BCUT2D eigenvalue weighted by atomic mass is 16.7. The molecule has 0 bridgehead atoms. The summed E-state index contributed by atoms with van der Waals surface area (Å²) >= 11 is 0. The Bertz CT molecular complexity index is 1540. The van der Waals surface area contributed by atoms with Crippen LogP contribution >= 0.6 is 0 Å². The maximum atomic E-state index is 13.1. The van der Waals surface area contributed by atoms with Gasteiger partial charge in [0.2, 0.25) is 0 Å². The number of aliphatic carboxylic acids is 1. The summed E-state index contributed by atoms with van der Waals surface area (Å²) < 4.78 is 23.6. The first-order chi connectivity index (χ1) is 26.6. The fraction of sp³-hybridized carbons (Fsp3) is 0.929. The molecule has 1 unspecified atom stereocenters. The largest absolute Gasteiger partial charge is 0.481 e. The Morgan fingerprint density at radius 3 is 1.96 bits per heavy atom. The number of aliphatic hydroxyl groups is 9. The Kier molecular flexibility index (Phi) is 11.5. The zero-order chi connectivity index (χ0) is 41.8. The fourth-order valence-corrected chi connectivity index (χ4v) is 13.8. The van der Waals surface area contributed by atoms with E-state index in [0.717, 1.165) is 32.1 Å². The maximum Gasteiger partial charge on any atom is 0.310 e. The van der Waals surface area contributed by atoms with E-state index in [4.69, 9.17) is 18.9 Å². The summed E-state index contributed by atoms with van der Waals surface area (Å²) in [5.74, 6) is -0.797. The lowest BCUT2D eigenvalue weighted by atomic mass is 9.33. The molecule has 0 aromatic rings. The third-order valence-electron chi connectivity index (χ3n) is 17.4. The Balaban J connectivity index is 1.16. The van der Waals surface area contributed by atoms with Gasteiger partial charge in [0.05, 0.1) is 37.4 Å². The highest BCUT2D eigenvalue weighted by Gasteiger charge is 2.71. The van der Waals surface area contributed by atoms with Crippen molar-refractivity contribution in [1.82, 2.24) is 0 Å². The van der Waals surface area contributed by atoms with Crippen molar-refractivity contribution < 1.29 is 74.8 Å². The number of carbonyl (C=O) groups is 1. The molecule has 0 amide bonds. The van der Waals surface area contributed by atoms with Gasteiger partial charge in [0.15, 0.2) is 12.6 Å². The molecule has 326 valence electrons. The van der Waals surface area contributed by atoms with Crippen LogP contribution in [-0.2, 0) is 23.7 Å². The van der Waals surface area contributed by atoms with Gasteiger partial charge >= 0.3 is 5.97 Å². The van der Waals surface area contributed by atoms with Gasteiger partial charge in [-0.3, -0.25) is 4.79 Å². The van der Waals surface area contributed by atoms with Crippen LogP contribution in [-0.4, -0.2) is 150 Å². The topological polar surface area (TPSA) is 256 Å². The standard InChI is InChI=1S/C42H68O15/c1-37(2)11-13-42(36(52)53)14-12-40(5)20(21(42)15-37)7-8-26-38(3)16-22(46)33(39(4,19-45)25(38)9-10-41(26,40)6)57-35-31(51)32(28(48)24(18-44)55-35)56-34-30(50)29(49)27(47)23(17-43)54-34/h7,21-35,43-51H,8-19H2,1-6H3,(H,52,53)/t21-,22-,23+,24+,25?,26+,27+,28+,29-,30+,31+,32-,33-,34-,35-,38-,39-,40+,41+,42-/m0/s1. The molecule has 57 heavy (non-hydrogen) atoms. The van der Waals surface area contributed by atoms with Gasteiger partial charge in [-0.1, -0.05) is 53.2 Å². The molecule has 2 saturated heterocycles. The minimum Gasteiger partial charge on any atom is -0.481 e. The van der Waals surface area contributed by atoms with Gasteiger partial charge in [-0.15, -0.1) is 0 Å². The van der Waals surface area contributed by atoms with Crippen LogP contribution in [0.4, 0.5) is 0 Å². The minimum absolute atomic E-state index is 0.0342.